The van der Waals surface area contributed by atoms with E-state index in [4.69, 9.17) is 9.84 Å². The number of carbonyl (C=O) groups is 2. The Labute approximate surface area is 117 Å². The first-order chi connectivity index (χ1) is 9.74. The smallest absolute Gasteiger partial charge is 0.471 e. The molecule has 1 heterocycles. The third-order valence-electron chi connectivity index (χ3n) is 3.31. The summed E-state index contributed by atoms with van der Waals surface area (Å²) in [6.07, 6.45) is -4.82. The van der Waals surface area contributed by atoms with Crippen LogP contribution in [-0.2, 0) is 17.8 Å². The normalized spacial score (nSPS) is 14.6. The number of amides is 1. The number of hydrogen-bond donors (Lipinski definition) is 1. The molecule has 0 saturated carbocycles. The number of ether oxygens (including phenoxy) is 1. The zero-order valence-corrected chi connectivity index (χ0v) is 11.0. The van der Waals surface area contributed by atoms with Gasteiger partial charge < -0.3 is 14.7 Å². The molecule has 1 amide bonds. The number of rotatable bonds is 2. The Morgan fingerprint density at radius 2 is 2.00 bits per heavy atom. The van der Waals surface area contributed by atoms with E-state index in [1.165, 1.54) is 13.2 Å². The van der Waals surface area contributed by atoms with Gasteiger partial charge in [0.05, 0.1) is 12.7 Å². The highest BCUT2D eigenvalue weighted by Crippen LogP contribution is 2.30. The topological polar surface area (TPSA) is 66.8 Å². The van der Waals surface area contributed by atoms with E-state index in [0.717, 1.165) is 0 Å². The van der Waals surface area contributed by atoms with Crippen LogP contribution >= 0.6 is 0 Å². The van der Waals surface area contributed by atoms with E-state index in [-0.39, 0.29) is 30.6 Å². The maximum absolute atomic E-state index is 12.5. The van der Waals surface area contributed by atoms with Gasteiger partial charge in [0.1, 0.15) is 5.75 Å². The Morgan fingerprint density at radius 1 is 1.33 bits per heavy atom. The summed E-state index contributed by atoms with van der Waals surface area (Å²) in [5.74, 6) is -2.91. The lowest BCUT2D eigenvalue weighted by Crippen LogP contribution is -2.44. The van der Waals surface area contributed by atoms with Gasteiger partial charge in [-0.3, -0.25) is 4.79 Å². The molecular weight excluding hydrogens is 291 g/mol. The molecule has 21 heavy (non-hydrogen) atoms. The third-order valence-corrected chi connectivity index (χ3v) is 3.31. The van der Waals surface area contributed by atoms with Crippen molar-refractivity contribution in [2.24, 2.45) is 0 Å². The summed E-state index contributed by atoms with van der Waals surface area (Å²) in [6, 6.07) is 2.82. The van der Waals surface area contributed by atoms with Crippen LogP contribution in [0.2, 0.25) is 0 Å². The molecular formula is C13H12F3NO4. The fourth-order valence-corrected chi connectivity index (χ4v) is 2.30. The molecule has 0 unspecified atom stereocenters. The van der Waals surface area contributed by atoms with E-state index in [2.05, 4.69) is 0 Å². The lowest BCUT2D eigenvalue weighted by Gasteiger charge is -2.30. The molecule has 1 aromatic rings. The molecule has 8 heteroatoms. The van der Waals surface area contributed by atoms with Gasteiger partial charge in [-0.05, 0) is 29.7 Å². The van der Waals surface area contributed by atoms with E-state index in [0.29, 0.717) is 16.2 Å². The SMILES string of the molecule is COc1cc2c(c(C(=O)O)c1)CN(C(=O)C(F)(F)F)CC2. The molecule has 0 saturated heterocycles. The van der Waals surface area contributed by atoms with Gasteiger partial charge in [-0.15, -0.1) is 0 Å². The standard InChI is InChI=1S/C13H12F3NO4/c1-21-8-4-7-2-3-17(12(20)13(14,15)16)6-10(7)9(5-8)11(18)19/h4-5H,2-3,6H2,1H3,(H,18,19). The molecule has 0 fully saturated rings. The Morgan fingerprint density at radius 3 is 2.52 bits per heavy atom. The maximum Gasteiger partial charge on any atom is 0.471 e. The van der Waals surface area contributed by atoms with Crippen LogP contribution in [0.25, 0.3) is 0 Å². The van der Waals surface area contributed by atoms with Gasteiger partial charge >= 0.3 is 18.1 Å². The number of methoxy groups -OCH3 is 1. The van der Waals surface area contributed by atoms with Crippen molar-refractivity contribution >= 4 is 11.9 Å². The lowest BCUT2D eigenvalue weighted by molar-refractivity contribution is -0.186. The summed E-state index contributed by atoms with van der Waals surface area (Å²) in [6.45, 7) is -0.489. The van der Waals surface area contributed by atoms with Crippen LogP contribution in [0.4, 0.5) is 13.2 Å². The molecule has 1 N–H and O–H groups in total. The number of carboxylic acids is 1. The van der Waals surface area contributed by atoms with Crippen LogP contribution in [-0.4, -0.2) is 41.7 Å². The highest BCUT2D eigenvalue weighted by Gasteiger charge is 2.43. The van der Waals surface area contributed by atoms with E-state index >= 15 is 0 Å². The van der Waals surface area contributed by atoms with E-state index < -0.39 is 18.1 Å². The second kappa shape index (κ2) is 5.27. The predicted octanol–water partition coefficient (Wildman–Crippen LogP) is 1.84. The highest BCUT2D eigenvalue weighted by molar-refractivity contribution is 5.91. The molecule has 0 atom stereocenters. The van der Waals surface area contributed by atoms with Crippen LogP contribution in [0.15, 0.2) is 12.1 Å². The highest BCUT2D eigenvalue weighted by atomic mass is 19.4. The lowest BCUT2D eigenvalue weighted by atomic mass is 9.94. The van der Waals surface area contributed by atoms with Crippen LogP contribution in [0.3, 0.4) is 0 Å². The van der Waals surface area contributed by atoms with Crippen LogP contribution in [0.5, 0.6) is 5.75 Å². The van der Waals surface area contributed by atoms with Gasteiger partial charge in [-0.25, -0.2) is 4.79 Å². The van der Waals surface area contributed by atoms with E-state index in [9.17, 15) is 22.8 Å². The molecule has 2 rings (SSSR count). The summed E-state index contributed by atoms with van der Waals surface area (Å²) in [7, 11) is 1.37. The zero-order valence-electron chi connectivity index (χ0n) is 11.0. The second-order valence-electron chi connectivity index (χ2n) is 4.59. The molecule has 114 valence electrons. The number of carboxylic acid groups (broad SMARTS) is 1. The average molecular weight is 303 g/mol. The van der Waals surface area contributed by atoms with Crippen molar-refractivity contribution in [3.05, 3.63) is 28.8 Å². The second-order valence-corrected chi connectivity index (χ2v) is 4.59. The molecule has 0 aliphatic carbocycles. The Bertz CT molecular complexity index is 598. The Kier molecular flexibility index (Phi) is 3.80. The van der Waals surface area contributed by atoms with Gasteiger partial charge in [0.25, 0.3) is 0 Å². The monoisotopic (exact) mass is 303 g/mol. The van der Waals surface area contributed by atoms with E-state index in [1.807, 2.05) is 0 Å². The first-order valence-electron chi connectivity index (χ1n) is 6.03. The minimum absolute atomic E-state index is 0.114. The number of aromatic carboxylic acids is 1. The number of hydrogen-bond acceptors (Lipinski definition) is 3. The third kappa shape index (κ3) is 2.93. The van der Waals surface area contributed by atoms with Gasteiger partial charge in [-0.2, -0.15) is 13.2 Å². The minimum Gasteiger partial charge on any atom is -0.497 e. The quantitative estimate of drug-likeness (QED) is 0.905. The summed E-state index contributed by atoms with van der Waals surface area (Å²) in [5.41, 5.74) is 0.647. The summed E-state index contributed by atoms with van der Waals surface area (Å²) in [5, 5.41) is 9.16. The number of carbonyl (C=O) groups excluding carboxylic acids is 1. The molecule has 0 aromatic heterocycles. The van der Waals surface area contributed by atoms with E-state index in [1.54, 1.807) is 6.07 Å². The van der Waals surface area contributed by atoms with Crippen LogP contribution in [0, 0.1) is 0 Å². The van der Waals surface area contributed by atoms with Gasteiger partial charge in [0, 0.05) is 13.1 Å². The average Bonchev–Trinajstić information content (AvgIpc) is 2.43. The number of alkyl halides is 3. The van der Waals surface area contributed by atoms with Crippen molar-refractivity contribution in [3.63, 3.8) is 0 Å². The molecule has 1 aliphatic heterocycles. The number of halogens is 3. The molecule has 0 spiro atoms. The van der Waals surface area contributed by atoms with Gasteiger partial charge in [0.2, 0.25) is 0 Å². The van der Waals surface area contributed by atoms with Crippen molar-refractivity contribution in [3.8, 4) is 5.75 Å². The fraction of sp³-hybridized carbons (Fsp3) is 0.385. The van der Waals surface area contributed by atoms with Crippen molar-refractivity contribution in [1.82, 2.24) is 4.90 Å². The maximum atomic E-state index is 12.5. The summed E-state index contributed by atoms with van der Waals surface area (Å²) in [4.78, 5) is 23.1. The van der Waals surface area contributed by atoms with Crippen molar-refractivity contribution < 1.29 is 32.6 Å². The number of fused-ring (bicyclic) bond motifs is 1. The van der Waals surface area contributed by atoms with Crippen molar-refractivity contribution in [2.75, 3.05) is 13.7 Å². The number of nitrogens with zero attached hydrogens (tertiary/aromatic N) is 1. The van der Waals surface area contributed by atoms with Crippen molar-refractivity contribution in [2.45, 2.75) is 19.1 Å². The van der Waals surface area contributed by atoms with Crippen LogP contribution < -0.4 is 4.74 Å². The van der Waals surface area contributed by atoms with Gasteiger partial charge in [0.15, 0.2) is 0 Å². The number of benzene rings is 1. The first kappa shape index (κ1) is 15.1. The predicted molar refractivity (Wildman–Crippen MR) is 65.1 cm³/mol. The van der Waals surface area contributed by atoms with Crippen LogP contribution in [0.1, 0.15) is 21.5 Å². The summed E-state index contributed by atoms with van der Waals surface area (Å²) < 4.78 is 42.4. The zero-order chi connectivity index (χ0) is 15.8. The fourth-order valence-electron chi connectivity index (χ4n) is 2.30. The minimum atomic E-state index is -4.96. The Hall–Kier alpha value is -2.25. The van der Waals surface area contributed by atoms with Gasteiger partial charge in [-0.1, -0.05) is 0 Å². The largest absolute Gasteiger partial charge is 0.497 e. The molecule has 0 bridgehead atoms. The molecule has 1 aromatic carbocycles. The first-order valence-corrected chi connectivity index (χ1v) is 6.03. The van der Waals surface area contributed by atoms with Crippen molar-refractivity contribution in [1.29, 1.82) is 0 Å². The molecule has 1 aliphatic rings. The molecule has 0 radical (unpaired) electrons. The summed E-state index contributed by atoms with van der Waals surface area (Å²) >= 11 is 0. The Balaban J connectivity index is 2.40. The molecule has 5 nitrogen and oxygen atoms in total.